The van der Waals surface area contributed by atoms with Crippen molar-refractivity contribution in [2.45, 2.75) is 103 Å². The molecule has 1 aromatic rings. The molecular weight excluding hydrogens is 572 g/mol. The second-order valence-corrected chi connectivity index (χ2v) is 12.2. The second kappa shape index (κ2) is 18.3. The number of allylic oxidation sites excluding steroid dienone is 5. The maximum atomic E-state index is 13.2. The van der Waals surface area contributed by atoms with E-state index >= 15 is 0 Å². The maximum Gasteiger partial charge on any atom is 0.328 e. The van der Waals surface area contributed by atoms with Gasteiger partial charge in [-0.2, -0.15) is 0 Å². The molecule has 3 rings (SSSR count). The summed E-state index contributed by atoms with van der Waals surface area (Å²) >= 11 is 0. The largest absolute Gasteiger partial charge is 0.508 e. The number of phenols is 1. The lowest BCUT2D eigenvalue weighted by Crippen LogP contribution is -2.45. The molecule has 45 heavy (non-hydrogen) atoms. The Morgan fingerprint density at radius 2 is 1.80 bits per heavy atom. The number of aryl methyl sites for hydroxylation is 1. The van der Waals surface area contributed by atoms with Gasteiger partial charge in [-0.3, -0.25) is 9.59 Å². The Morgan fingerprint density at radius 3 is 2.53 bits per heavy atom. The van der Waals surface area contributed by atoms with Gasteiger partial charge >= 0.3 is 5.97 Å². The standard InChI is InChI=1S/C36H50N2O7/c1-24-14-13-15-27-20-29(22-30(39)21-27)38-33(41)23-31(44-4)18-11-6-5-7-12-19-32(40)25(2)34(24)45-36(43)26(3)37-35(42)28-16-9-8-10-17-28/h5-7,11-12,14,18,20-22,25-26,28,31-32,34,39-40H,8-10,13,15-17,19,23H2,1-4H3,(H,37,42)(H,38,41)/b6-5+,12-7-,18-11+,24-14+/t25-,26+,31+,32+,34-/m1/s1. The summed E-state index contributed by atoms with van der Waals surface area (Å²) in [7, 11) is 1.54. The Labute approximate surface area is 267 Å². The number of aliphatic hydroxyl groups is 1. The van der Waals surface area contributed by atoms with Gasteiger partial charge < -0.3 is 30.3 Å². The minimum absolute atomic E-state index is 0.0375. The Kier molecular flexibility index (Phi) is 14.6. The third-order valence-electron chi connectivity index (χ3n) is 8.49. The molecule has 1 heterocycles. The van der Waals surface area contributed by atoms with E-state index in [-0.39, 0.29) is 29.9 Å². The molecule has 1 aliphatic heterocycles. The summed E-state index contributed by atoms with van der Waals surface area (Å²) in [6.07, 6.45) is 17.3. The zero-order valence-corrected chi connectivity index (χ0v) is 27.0. The molecule has 246 valence electrons. The number of amides is 2. The smallest absolute Gasteiger partial charge is 0.328 e. The number of carbonyl (C=O) groups is 3. The summed E-state index contributed by atoms with van der Waals surface area (Å²) in [5.41, 5.74) is 2.08. The molecule has 9 nitrogen and oxygen atoms in total. The molecule has 5 atom stereocenters. The average molecular weight is 623 g/mol. The molecule has 0 saturated heterocycles. The van der Waals surface area contributed by atoms with Crippen LogP contribution in [0.1, 0.15) is 77.7 Å². The SMILES string of the molecule is CO[C@H]1/C=C/C=C/C=C\C[C@H](O)[C@@H](C)[C@H](OC(=O)[C@H](C)NC(=O)C2CCCCC2)/C(C)=C/CCc2cc(O)cc(c2)NC(=O)C1. The van der Waals surface area contributed by atoms with Gasteiger partial charge in [0.05, 0.1) is 18.6 Å². The summed E-state index contributed by atoms with van der Waals surface area (Å²) in [5, 5.41) is 27.1. The van der Waals surface area contributed by atoms with Crippen molar-refractivity contribution < 1.29 is 34.1 Å². The lowest BCUT2D eigenvalue weighted by atomic mass is 9.88. The fraction of sp³-hybridized carbons (Fsp3) is 0.528. The van der Waals surface area contributed by atoms with Crippen LogP contribution >= 0.6 is 0 Å². The number of hydrogen-bond donors (Lipinski definition) is 4. The van der Waals surface area contributed by atoms with Crippen LogP contribution in [0, 0.1) is 11.8 Å². The Balaban J connectivity index is 1.81. The monoisotopic (exact) mass is 622 g/mol. The number of nitrogens with one attached hydrogen (secondary N) is 2. The molecular formula is C36H50N2O7. The highest BCUT2D eigenvalue weighted by molar-refractivity contribution is 5.91. The first kappa shape index (κ1) is 35.8. The van der Waals surface area contributed by atoms with Gasteiger partial charge in [-0.25, -0.2) is 4.79 Å². The molecule has 1 aromatic carbocycles. The van der Waals surface area contributed by atoms with Crippen molar-refractivity contribution in [2.24, 2.45) is 11.8 Å². The first-order valence-electron chi connectivity index (χ1n) is 16.1. The van der Waals surface area contributed by atoms with E-state index in [4.69, 9.17) is 9.47 Å². The van der Waals surface area contributed by atoms with Crippen molar-refractivity contribution >= 4 is 23.5 Å². The first-order chi connectivity index (χ1) is 21.6. The van der Waals surface area contributed by atoms with E-state index in [1.54, 1.807) is 31.2 Å². The molecule has 0 aromatic heterocycles. The zero-order valence-electron chi connectivity index (χ0n) is 27.0. The average Bonchev–Trinajstić information content (AvgIpc) is 3.01. The van der Waals surface area contributed by atoms with Crippen molar-refractivity contribution in [3.05, 3.63) is 71.9 Å². The third kappa shape index (κ3) is 12.0. The van der Waals surface area contributed by atoms with Crippen LogP contribution < -0.4 is 10.6 Å². The van der Waals surface area contributed by atoms with Crippen molar-refractivity contribution in [1.29, 1.82) is 0 Å². The number of aromatic hydroxyl groups is 1. The minimum Gasteiger partial charge on any atom is -0.508 e. The number of methoxy groups -OCH3 is 1. The maximum absolute atomic E-state index is 13.2. The van der Waals surface area contributed by atoms with Crippen LogP contribution in [0.15, 0.2) is 66.3 Å². The molecule has 2 bridgehead atoms. The van der Waals surface area contributed by atoms with E-state index in [9.17, 15) is 24.6 Å². The summed E-state index contributed by atoms with van der Waals surface area (Å²) in [4.78, 5) is 38.7. The van der Waals surface area contributed by atoms with Crippen molar-refractivity contribution in [3.8, 4) is 5.75 Å². The van der Waals surface area contributed by atoms with Crippen LogP contribution in [0.3, 0.4) is 0 Å². The van der Waals surface area contributed by atoms with Gasteiger partial charge in [-0.1, -0.05) is 68.7 Å². The lowest BCUT2D eigenvalue weighted by molar-refractivity contribution is -0.155. The molecule has 2 amide bonds. The summed E-state index contributed by atoms with van der Waals surface area (Å²) in [6.45, 7) is 5.35. The van der Waals surface area contributed by atoms with Crippen LogP contribution in [0.2, 0.25) is 0 Å². The molecule has 1 fully saturated rings. The number of rotatable bonds is 5. The van der Waals surface area contributed by atoms with Gasteiger partial charge in [-0.15, -0.1) is 0 Å². The highest BCUT2D eigenvalue weighted by Gasteiger charge is 2.31. The highest BCUT2D eigenvalue weighted by Crippen LogP contribution is 2.26. The van der Waals surface area contributed by atoms with Crippen molar-refractivity contribution in [1.82, 2.24) is 5.32 Å². The van der Waals surface area contributed by atoms with Gasteiger partial charge in [0.15, 0.2) is 0 Å². The number of anilines is 1. The van der Waals surface area contributed by atoms with Crippen LogP contribution in [-0.4, -0.2) is 59.5 Å². The molecule has 0 spiro atoms. The zero-order chi connectivity index (χ0) is 32.8. The fourth-order valence-corrected chi connectivity index (χ4v) is 5.72. The number of aliphatic hydroxyl groups excluding tert-OH is 1. The van der Waals surface area contributed by atoms with E-state index in [0.29, 0.717) is 24.9 Å². The Morgan fingerprint density at radius 1 is 1.07 bits per heavy atom. The number of carbonyl (C=O) groups excluding carboxylic acids is 3. The minimum atomic E-state index is -0.821. The normalized spacial score (nSPS) is 28.2. The van der Waals surface area contributed by atoms with Gasteiger partial charge in [-0.05, 0) is 69.2 Å². The number of benzene rings is 1. The quantitative estimate of drug-likeness (QED) is 0.245. The molecule has 0 unspecified atom stereocenters. The van der Waals surface area contributed by atoms with E-state index < -0.39 is 36.2 Å². The molecule has 1 saturated carbocycles. The van der Waals surface area contributed by atoms with E-state index in [1.165, 1.54) is 13.2 Å². The van der Waals surface area contributed by atoms with Gasteiger partial charge in [0, 0.05) is 30.7 Å². The second-order valence-electron chi connectivity index (χ2n) is 12.2. The summed E-state index contributed by atoms with van der Waals surface area (Å²) in [6, 6.07) is 4.14. The number of esters is 1. The van der Waals surface area contributed by atoms with Gasteiger partial charge in [0.2, 0.25) is 11.8 Å². The Bertz CT molecular complexity index is 1260. The first-order valence-corrected chi connectivity index (χ1v) is 16.1. The van der Waals surface area contributed by atoms with Crippen LogP contribution in [0.25, 0.3) is 0 Å². The fourth-order valence-electron chi connectivity index (χ4n) is 5.72. The third-order valence-corrected chi connectivity index (χ3v) is 8.49. The topological polar surface area (TPSA) is 134 Å². The summed E-state index contributed by atoms with van der Waals surface area (Å²) in [5.74, 6) is -1.37. The van der Waals surface area contributed by atoms with E-state index in [1.807, 2.05) is 44.2 Å². The molecule has 4 N–H and O–H groups in total. The number of hydrogen-bond acceptors (Lipinski definition) is 7. The van der Waals surface area contributed by atoms with Crippen LogP contribution in [-0.2, 0) is 30.3 Å². The van der Waals surface area contributed by atoms with E-state index in [2.05, 4.69) is 10.6 Å². The van der Waals surface area contributed by atoms with Gasteiger partial charge in [0.1, 0.15) is 17.9 Å². The Hall–Kier alpha value is -3.69. The molecule has 1 aliphatic carbocycles. The van der Waals surface area contributed by atoms with E-state index in [0.717, 1.165) is 43.2 Å². The van der Waals surface area contributed by atoms with Crippen molar-refractivity contribution in [2.75, 3.05) is 12.4 Å². The summed E-state index contributed by atoms with van der Waals surface area (Å²) < 4.78 is 11.4. The van der Waals surface area contributed by atoms with Gasteiger partial charge in [0.25, 0.3) is 0 Å². The molecule has 9 heteroatoms. The highest BCUT2D eigenvalue weighted by atomic mass is 16.5. The molecule has 0 radical (unpaired) electrons. The van der Waals surface area contributed by atoms with Crippen LogP contribution in [0.5, 0.6) is 5.75 Å². The lowest BCUT2D eigenvalue weighted by Gasteiger charge is -2.30. The van der Waals surface area contributed by atoms with Crippen LogP contribution in [0.4, 0.5) is 5.69 Å². The predicted molar refractivity (Wildman–Crippen MR) is 175 cm³/mol. The number of fused-ring (bicyclic) bond motifs is 2. The number of phenolic OH excluding ortho intramolecular Hbond substituents is 1. The predicted octanol–water partition coefficient (Wildman–Crippen LogP) is 5.68. The number of ether oxygens (including phenoxy) is 2. The molecule has 2 aliphatic rings. The van der Waals surface area contributed by atoms with Crippen molar-refractivity contribution in [3.63, 3.8) is 0 Å².